The Hall–Kier alpha value is -4.72. The minimum absolute atomic E-state index is 0.0380. The van der Waals surface area contributed by atoms with Crippen LogP contribution in [0.1, 0.15) is 16.7 Å². The number of ether oxygens (including phenoxy) is 1. The third kappa shape index (κ3) is 6.41. The molecule has 0 aliphatic carbocycles. The summed E-state index contributed by atoms with van der Waals surface area (Å²) in [6.45, 7) is 0.874. The van der Waals surface area contributed by atoms with Gasteiger partial charge in [-0.1, -0.05) is 65.9 Å². The zero-order valence-electron chi connectivity index (χ0n) is 24.8. The number of thiazole rings is 1. The number of nitrogen functional groups attached to an aromatic ring is 1. The first-order chi connectivity index (χ1) is 21.8. The molecule has 0 unspecified atom stereocenters. The van der Waals surface area contributed by atoms with Gasteiger partial charge in [0.1, 0.15) is 24.6 Å². The van der Waals surface area contributed by atoms with Crippen molar-refractivity contribution in [2.24, 2.45) is 0 Å². The summed E-state index contributed by atoms with van der Waals surface area (Å²) in [4.78, 5) is 48.9. The Balaban J connectivity index is 1.27. The zero-order valence-corrected chi connectivity index (χ0v) is 25.7. The second-order valence-corrected chi connectivity index (χ2v) is 12.1. The number of carbonyl (C=O) groups is 3. The zero-order chi connectivity index (χ0) is 31.5. The highest BCUT2D eigenvalue weighted by Crippen LogP contribution is 2.32. The Labute approximate surface area is 264 Å². The minimum Gasteiger partial charge on any atom is -0.491 e. The molecule has 2 fully saturated rings. The summed E-state index contributed by atoms with van der Waals surface area (Å²) in [5.74, 6) is 0.195. The number of para-hydroxylation sites is 1. The summed E-state index contributed by atoms with van der Waals surface area (Å²) in [7, 11) is 1.64. The fourth-order valence-corrected chi connectivity index (χ4v) is 6.70. The SMILES string of the molecule is CN(C(=O)NCc1ccccc1)N1CC(=O)N2[C@@H](Cc3ccc(OCCO)cc3)C(=O)N(Cc3cccc4sc(N)nc34)C[C@@H]21. The van der Waals surface area contributed by atoms with Crippen LogP contribution >= 0.6 is 11.3 Å². The van der Waals surface area contributed by atoms with Crippen molar-refractivity contribution in [3.05, 3.63) is 89.5 Å². The molecule has 3 aromatic carbocycles. The molecule has 4 amide bonds. The molecule has 45 heavy (non-hydrogen) atoms. The van der Waals surface area contributed by atoms with Gasteiger partial charge in [-0.15, -0.1) is 0 Å². The lowest BCUT2D eigenvalue weighted by Crippen LogP contribution is -2.65. The summed E-state index contributed by atoms with van der Waals surface area (Å²) in [6, 6.07) is 21.5. The van der Waals surface area contributed by atoms with Gasteiger partial charge in [0, 0.05) is 26.6 Å². The molecule has 2 atom stereocenters. The monoisotopic (exact) mass is 629 g/mol. The molecule has 2 aliphatic heterocycles. The van der Waals surface area contributed by atoms with Crippen LogP contribution < -0.4 is 15.8 Å². The summed E-state index contributed by atoms with van der Waals surface area (Å²) < 4.78 is 6.42. The van der Waals surface area contributed by atoms with Crippen molar-refractivity contribution >= 4 is 44.5 Å². The van der Waals surface area contributed by atoms with E-state index in [1.165, 1.54) is 16.3 Å². The lowest BCUT2D eigenvalue weighted by molar-refractivity contribution is -0.157. The van der Waals surface area contributed by atoms with Gasteiger partial charge in [-0.25, -0.2) is 9.78 Å². The molecule has 234 valence electrons. The number of nitrogens with one attached hydrogen (secondary N) is 1. The average Bonchev–Trinajstić information content (AvgIpc) is 3.60. The summed E-state index contributed by atoms with van der Waals surface area (Å²) in [5.41, 5.74) is 9.42. The van der Waals surface area contributed by atoms with Crippen LogP contribution in [0.3, 0.4) is 0 Å². The fourth-order valence-electron chi connectivity index (χ4n) is 5.92. The number of anilines is 1. The van der Waals surface area contributed by atoms with Gasteiger partial charge < -0.3 is 30.7 Å². The van der Waals surface area contributed by atoms with Gasteiger partial charge in [0.05, 0.1) is 29.9 Å². The number of piperazine rings is 1. The third-order valence-electron chi connectivity index (χ3n) is 8.13. The van der Waals surface area contributed by atoms with Gasteiger partial charge in [-0.2, -0.15) is 5.01 Å². The quantitative estimate of drug-likeness (QED) is 0.243. The van der Waals surface area contributed by atoms with E-state index in [4.69, 9.17) is 15.6 Å². The Morgan fingerprint density at radius 3 is 2.62 bits per heavy atom. The Kier molecular flexibility index (Phi) is 8.83. The maximum Gasteiger partial charge on any atom is 0.332 e. The molecule has 1 aromatic heterocycles. The molecule has 6 rings (SSSR count). The maximum atomic E-state index is 14.2. The molecule has 2 saturated heterocycles. The van der Waals surface area contributed by atoms with Gasteiger partial charge in [0.15, 0.2) is 5.13 Å². The number of nitrogens with two attached hydrogens (primary N) is 1. The van der Waals surface area contributed by atoms with E-state index < -0.39 is 12.2 Å². The highest BCUT2D eigenvalue weighted by atomic mass is 32.1. The van der Waals surface area contributed by atoms with Crippen molar-refractivity contribution in [1.82, 2.24) is 30.1 Å². The number of aliphatic hydroxyl groups excluding tert-OH is 1. The lowest BCUT2D eigenvalue weighted by Gasteiger charge is -2.45. The van der Waals surface area contributed by atoms with Crippen molar-refractivity contribution < 1.29 is 24.2 Å². The number of rotatable bonds is 10. The van der Waals surface area contributed by atoms with E-state index in [2.05, 4.69) is 10.3 Å². The Bertz CT molecular complexity index is 1680. The molecule has 4 N–H and O–H groups in total. The Morgan fingerprint density at radius 1 is 1.09 bits per heavy atom. The van der Waals surface area contributed by atoms with Crippen LogP contribution in [0.5, 0.6) is 5.75 Å². The first-order valence-corrected chi connectivity index (χ1v) is 15.5. The van der Waals surface area contributed by atoms with Crippen molar-refractivity contribution in [2.75, 3.05) is 39.1 Å². The van der Waals surface area contributed by atoms with Crippen molar-refractivity contribution in [2.45, 2.75) is 31.7 Å². The standard InChI is InChI=1S/C32H35N7O5S/c1-36(32(43)34-17-22-6-3-2-4-7-22)38-20-28(41)39-25(16-21-10-12-24(13-11-21)44-15-14-40)30(42)37(19-27(38)39)18-23-8-5-9-26-29(23)35-31(33)45-26/h2-13,25,27,40H,14-20H2,1H3,(H2,33,35)(H,34,43)/t25-,27+/m0/s1. The number of benzene rings is 3. The third-order valence-corrected chi connectivity index (χ3v) is 8.97. The predicted octanol–water partition coefficient (Wildman–Crippen LogP) is 2.43. The van der Waals surface area contributed by atoms with E-state index in [1.54, 1.807) is 34.0 Å². The predicted molar refractivity (Wildman–Crippen MR) is 170 cm³/mol. The molecule has 0 saturated carbocycles. The van der Waals surface area contributed by atoms with Gasteiger partial charge >= 0.3 is 6.03 Å². The molecular formula is C32H35N7O5S. The van der Waals surface area contributed by atoms with E-state index >= 15 is 0 Å². The maximum absolute atomic E-state index is 14.2. The van der Waals surface area contributed by atoms with Gasteiger partial charge in [0.25, 0.3) is 0 Å². The van der Waals surface area contributed by atoms with Crippen molar-refractivity contribution in [1.29, 1.82) is 0 Å². The summed E-state index contributed by atoms with van der Waals surface area (Å²) in [5, 5.41) is 15.6. The molecular weight excluding hydrogens is 594 g/mol. The van der Waals surface area contributed by atoms with E-state index in [0.717, 1.165) is 26.9 Å². The van der Waals surface area contributed by atoms with Crippen LogP contribution in [0, 0.1) is 0 Å². The molecule has 0 radical (unpaired) electrons. The van der Waals surface area contributed by atoms with E-state index in [9.17, 15) is 14.4 Å². The number of hydrazine groups is 1. The topological polar surface area (TPSA) is 145 Å². The summed E-state index contributed by atoms with van der Waals surface area (Å²) >= 11 is 1.39. The van der Waals surface area contributed by atoms with Crippen LogP contribution in [0.25, 0.3) is 10.2 Å². The van der Waals surface area contributed by atoms with Gasteiger partial charge in [-0.3, -0.25) is 14.6 Å². The molecule has 2 aliphatic rings. The van der Waals surface area contributed by atoms with Crippen molar-refractivity contribution in [3.8, 4) is 5.75 Å². The van der Waals surface area contributed by atoms with Crippen LogP contribution in [-0.4, -0.2) is 93.3 Å². The highest BCUT2D eigenvalue weighted by Gasteiger charge is 2.51. The van der Waals surface area contributed by atoms with Crippen LogP contribution in [0.15, 0.2) is 72.8 Å². The number of carbonyl (C=O) groups excluding carboxylic acids is 3. The summed E-state index contributed by atoms with van der Waals surface area (Å²) in [6.07, 6.45) is -0.275. The first kappa shape index (κ1) is 30.3. The number of amides is 4. The molecule has 3 heterocycles. The van der Waals surface area contributed by atoms with Crippen LogP contribution in [0.2, 0.25) is 0 Å². The highest BCUT2D eigenvalue weighted by molar-refractivity contribution is 7.22. The average molecular weight is 630 g/mol. The van der Waals surface area contributed by atoms with Crippen LogP contribution in [-0.2, 0) is 29.1 Å². The second kappa shape index (κ2) is 13.1. The number of aromatic nitrogens is 1. The molecule has 0 spiro atoms. The molecule has 0 bridgehead atoms. The number of hydrogen-bond donors (Lipinski definition) is 3. The van der Waals surface area contributed by atoms with E-state index in [1.807, 2.05) is 60.7 Å². The van der Waals surface area contributed by atoms with Gasteiger partial charge in [0.2, 0.25) is 11.8 Å². The smallest absolute Gasteiger partial charge is 0.332 e. The number of hydrogen-bond acceptors (Lipinski definition) is 9. The minimum atomic E-state index is -0.786. The number of aliphatic hydroxyl groups is 1. The number of urea groups is 1. The fraction of sp³-hybridized carbons (Fsp3) is 0.312. The first-order valence-electron chi connectivity index (χ1n) is 14.7. The Morgan fingerprint density at radius 2 is 1.87 bits per heavy atom. The molecule has 12 nitrogen and oxygen atoms in total. The largest absolute Gasteiger partial charge is 0.491 e. The number of nitrogens with zero attached hydrogens (tertiary/aromatic N) is 5. The normalized spacial score (nSPS) is 18.4. The second-order valence-electron chi connectivity index (χ2n) is 11.0. The lowest BCUT2D eigenvalue weighted by atomic mass is 9.99. The molecule has 13 heteroatoms. The van der Waals surface area contributed by atoms with Gasteiger partial charge in [-0.05, 0) is 34.9 Å². The number of fused-ring (bicyclic) bond motifs is 2. The van der Waals surface area contributed by atoms with Crippen LogP contribution in [0.4, 0.5) is 9.93 Å². The van der Waals surface area contributed by atoms with Crippen molar-refractivity contribution in [3.63, 3.8) is 0 Å². The molecule has 4 aromatic rings. The van der Waals surface area contributed by atoms with E-state index in [0.29, 0.717) is 17.4 Å². The van der Waals surface area contributed by atoms with E-state index in [-0.39, 0.29) is 57.1 Å².